The monoisotopic (exact) mass is 298 g/mol. The number of benzene rings is 1. The van der Waals surface area contributed by atoms with Crippen molar-refractivity contribution in [2.24, 2.45) is 0 Å². The molecule has 2 heterocycles. The normalized spacial score (nSPS) is 12.4. The van der Waals surface area contributed by atoms with E-state index in [4.69, 9.17) is 9.47 Å². The second-order valence-electron chi connectivity index (χ2n) is 5.02. The molecule has 0 radical (unpaired) electrons. The maximum Gasteiger partial charge on any atom is 0.137 e. The van der Waals surface area contributed by atoms with Crippen molar-refractivity contribution < 1.29 is 14.6 Å². The number of nitrogens with zero attached hydrogens (tertiary/aromatic N) is 2. The number of hydrogen-bond acceptors (Lipinski definition) is 4. The summed E-state index contributed by atoms with van der Waals surface area (Å²) in [4.78, 5) is 4.49. The van der Waals surface area contributed by atoms with Gasteiger partial charge < -0.3 is 19.0 Å². The molecule has 0 aliphatic rings. The van der Waals surface area contributed by atoms with Crippen molar-refractivity contribution in [2.75, 3.05) is 14.2 Å². The Balaban J connectivity index is 2.17. The van der Waals surface area contributed by atoms with Crippen LogP contribution in [0.25, 0.3) is 5.65 Å². The number of methoxy groups -OCH3 is 2. The third kappa shape index (κ3) is 2.29. The molecular weight excluding hydrogens is 280 g/mol. The van der Waals surface area contributed by atoms with Crippen LogP contribution in [-0.2, 0) is 0 Å². The molecule has 5 nitrogen and oxygen atoms in total. The molecule has 0 aliphatic carbocycles. The topological polar surface area (TPSA) is 56.0 Å². The Morgan fingerprint density at radius 2 is 1.95 bits per heavy atom. The van der Waals surface area contributed by atoms with E-state index in [0.29, 0.717) is 17.1 Å². The van der Waals surface area contributed by atoms with Gasteiger partial charge in [-0.15, -0.1) is 0 Å². The molecule has 3 aromatic rings. The van der Waals surface area contributed by atoms with Gasteiger partial charge in [0.2, 0.25) is 0 Å². The Morgan fingerprint density at radius 3 is 2.68 bits per heavy atom. The first kappa shape index (κ1) is 14.4. The van der Waals surface area contributed by atoms with E-state index in [1.165, 1.54) is 0 Å². The van der Waals surface area contributed by atoms with Crippen LogP contribution in [0.5, 0.6) is 11.5 Å². The van der Waals surface area contributed by atoms with Crippen LogP contribution in [0.1, 0.15) is 23.1 Å². The van der Waals surface area contributed by atoms with Crippen LogP contribution in [0.4, 0.5) is 0 Å². The van der Waals surface area contributed by atoms with Gasteiger partial charge in [0.25, 0.3) is 0 Å². The molecule has 22 heavy (non-hydrogen) atoms. The summed E-state index contributed by atoms with van der Waals surface area (Å²) >= 11 is 0. The molecule has 0 fully saturated rings. The molecule has 1 unspecified atom stereocenters. The third-order valence-corrected chi connectivity index (χ3v) is 3.74. The van der Waals surface area contributed by atoms with Crippen molar-refractivity contribution >= 4 is 5.65 Å². The lowest BCUT2D eigenvalue weighted by molar-refractivity contribution is 0.207. The highest BCUT2D eigenvalue weighted by molar-refractivity contribution is 5.49. The predicted molar refractivity (Wildman–Crippen MR) is 83.5 cm³/mol. The summed E-state index contributed by atoms with van der Waals surface area (Å²) in [7, 11) is 3.18. The van der Waals surface area contributed by atoms with Crippen molar-refractivity contribution in [3.8, 4) is 11.5 Å². The zero-order valence-electron chi connectivity index (χ0n) is 12.8. The van der Waals surface area contributed by atoms with Crippen LogP contribution >= 0.6 is 0 Å². The molecule has 2 aromatic heterocycles. The van der Waals surface area contributed by atoms with E-state index in [1.807, 2.05) is 35.7 Å². The van der Waals surface area contributed by atoms with Gasteiger partial charge in [-0.05, 0) is 37.3 Å². The van der Waals surface area contributed by atoms with Crippen LogP contribution in [0.2, 0.25) is 0 Å². The predicted octanol–water partition coefficient (Wildman–Crippen LogP) is 2.74. The quantitative estimate of drug-likeness (QED) is 0.804. The molecule has 3 rings (SSSR count). The summed E-state index contributed by atoms with van der Waals surface area (Å²) in [6.45, 7) is 1.89. The number of aromatic nitrogens is 2. The molecule has 114 valence electrons. The minimum atomic E-state index is -0.859. The van der Waals surface area contributed by atoms with Crippen LogP contribution < -0.4 is 9.47 Å². The highest BCUT2D eigenvalue weighted by Crippen LogP contribution is 2.34. The first-order valence-electron chi connectivity index (χ1n) is 6.99. The van der Waals surface area contributed by atoms with Gasteiger partial charge >= 0.3 is 0 Å². The van der Waals surface area contributed by atoms with Gasteiger partial charge in [0.1, 0.15) is 23.3 Å². The van der Waals surface area contributed by atoms with E-state index in [2.05, 4.69) is 4.98 Å². The van der Waals surface area contributed by atoms with Gasteiger partial charge in [-0.2, -0.15) is 0 Å². The van der Waals surface area contributed by atoms with Gasteiger partial charge in [0.15, 0.2) is 0 Å². The molecule has 0 spiro atoms. The first-order valence-corrected chi connectivity index (χ1v) is 6.99. The van der Waals surface area contributed by atoms with E-state index in [0.717, 1.165) is 17.0 Å². The van der Waals surface area contributed by atoms with Crippen molar-refractivity contribution in [1.29, 1.82) is 0 Å². The maximum atomic E-state index is 10.9. The number of aliphatic hydroxyl groups excluding tert-OH is 1. The van der Waals surface area contributed by atoms with E-state index in [1.54, 1.807) is 32.4 Å². The second kappa shape index (κ2) is 5.69. The molecule has 0 saturated carbocycles. The molecular formula is C17H18N2O3. The van der Waals surface area contributed by atoms with Gasteiger partial charge in [-0.25, -0.2) is 4.98 Å². The van der Waals surface area contributed by atoms with Crippen LogP contribution in [0.3, 0.4) is 0 Å². The van der Waals surface area contributed by atoms with Crippen molar-refractivity contribution in [1.82, 2.24) is 9.38 Å². The van der Waals surface area contributed by atoms with Gasteiger partial charge in [0, 0.05) is 11.8 Å². The standard InChI is InChI=1S/C17H18N2O3/c1-11-16(19-9-5-4-6-15(19)18-11)17(20)13-10-12(21-2)7-8-14(13)22-3/h4-10,17,20H,1-3H3. The minimum Gasteiger partial charge on any atom is -0.497 e. The Labute approximate surface area is 128 Å². The van der Waals surface area contributed by atoms with Crippen LogP contribution in [0.15, 0.2) is 42.6 Å². The van der Waals surface area contributed by atoms with Crippen molar-refractivity contribution in [2.45, 2.75) is 13.0 Å². The fraction of sp³-hybridized carbons (Fsp3) is 0.235. The van der Waals surface area contributed by atoms with Gasteiger partial charge in [-0.1, -0.05) is 6.07 Å². The van der Waals surface area contributed by atoms with E-state index in [-0.39, 0.29) is 0 Å². The average Bonchev–Trinajstić information content (AvgIpc) is 2.89. The van der Waals surface area contributed by atoms with Gasteiger partial charge in [-0.3, -0.25) is 0 Å². The minimum absolute atomic E-state index is 0.610. The summed E-state index contributed by atoms with van der Waals surface area (Å²) in [5.74, 6) is 1.28. The molecule has 1 N–H and O–H groups in total. The van der Waals surface area contributed by atoms with E-state index >= 15 is 0 Å². The smallest absolute Gasteiger partial charge is 0.137 e. The zero-order chi connectivity index (χ0) is 15.7. The highest BCUT2D eigenvalue weighted by atomic mass is 16.5. The first-order chi connectivity index (χ1) is 10.7. The van der Waals surface area contributed by atoms with E-state index in [9.17, 15) is 5.11 Å². The SMILES string of the molecule is COc1ccc(OC)c(C(O)c2c(C)nc3ccccn23)c1. The summed E-state index contributed by atoms with van der Waals surface area (Å²) in [6.07, 6.45) is 1.03. The Morgan fingerprint density at radius 1 is 1.14 bits per heavy atom. The zero-order valence-corrected chi connectivity index (χ0v) is 12.8. The Hall–Kier alpha value is -2.53. The van der Waals surface area contributed by atoms with Gasteiger partial charge in [0.05, 0.1) is 25.6 Å². The number of hydrogen-bond donors (Lipinski definition) is 1. The number of ether oxygens (including phenoxy) is 2. The lowest BCUT2D eigenvalue weighted by atomic mass is 10.0. The number of aryl methyl sites for hydroxylation is 1. The lowest BCUT2D eigenvalue weighted by Crippen LogP contribution is -2.07. The third-order valence-electron chi connectivity index (χ3n) is 3.74. The molecule has 5 heteroatoms. The lowest BCUT2D eigenvalue weighted by Gasteiger charge is -2.16. The number of imidazole rings is 1. The molecule has 1 aromatic carbocycles. The number of pyridine rings is 1. The molecule has 0 amide bonds. The number of aliphatic hydroxyl groups is 1. The van der Waals surface area contributed by atoms with E-state index < -0.39 is 6.10 Å². The summed E-state index contributed by atoms with van der Waals surface area (Å²) in [6, 6.07) is 11.1. The molecule has 0 bridgehead atoms. The molecule has 0 saturated heterocycles. The highest BCUT2D eigenvalue weighted by Gasteiger charge is 2.22. The maximum absolute atomic E-state index is 10.9. The summed E-state index contributed by atoms with van der Waals surface area (Å²) in [5, 5.41) is 10.9. The number of rotatable bonds is 4. The molecule has 1 atom stereocenters. The molecule has 0 aliphatic heterocycles. The fourth-order valence-electron chi connectivity index (χ4n) is 2.66. The van der Waals surface area contributed by atoms with Crippen LogP contribution in [0, 0.1) is 6.92 Å². The van der Waals surface area contributed by atoms with Crippen LogP contribution in [-0.4, -0.2) is 28.7 Å². The summed E-state index contributed by atoms with van der Waals surface area (Å²) < 4.78 is 12.5. The summed E-state index contributed by atoms with van der Waals surface area (Å²) in [5.41, 5.74) is 2.96. The average molecular weight is 298 g/mol. The van der Waals surface area contributed by atoms with Crippen molar-refractivity contribution in [3.63, 3.8) is 0 Å². The Bertz CT molecular complexity index is 811. The Kier molecular flexibility index (Phi) is 3.73. The largest absolute Gasteiger partial charge is 0.497 e. The van der Waals surface area contributed by atoms with Crippen molar-refractivity contribution in [3.05, 3.63) is 59.5 Å². The number of fused-ring (bicyclic) bond motifs is 1. The fourth-order valence-corrected chi connectivity index (χ4v) is 2.66. The second-order valence-corrected chi connectivity index (χ2v) is 5.02.